The zero-order valence-corrected chi connectivity index (χ0v) is 9.81. The Kier molecular flexibility index (Phi) is 2.97. The molecule has 0 aliphatic heterocycles. The molecule has 88 valence electrons. The molecule has 0 fully saturated rings. The molecule has 0 aliphatic rings. The number of rotatable bonds is 2. The molecule has 2 rings (SSSR count). The van der Waals surface area contributed by atoms with Crippen LogP contribution in [-0.2, 0) is 4.79 Å². The van der Waals surface area contributed by atoms with E-state index in [9.17, 15) is 4.79 Å². The molecule has 2 aromatic carbocycles. The van der Waals surface area contributed by atoms with Gasteiger partial charge in [0.25, 0.3) is 0 Å². The van der Waals surface area contributed by atoms with Crippen molar-refractivity contribution in [3.8, 4) is 5.75 Å². The number of hydrazine groups is 1. The SMILES string of the molecule is COc1cccc2cc(N(N)C(C)=O)ccc12. The van der Waals surface area contributed by atoms with E-state index < -0.39 is 0 Å². The molecule has 0 saturated heterocycles. The summed E-state index contributed by atoms with van der Waals surface area (Å²) in [5.41, 5.74) is 0.665. The molecule has 1 amide bonds. The van der Waals surface area contributed by atoms with E-state index in [0.29, 0.717) is 5.69 Å². The van der Waals surface area contributed by atoms with Crippen molar-refractivity contribution in [2.24, 2.45) is 5.84 Å². The summed E-state index contributed by atoms with van der Waals surface area (Å²) in [6, 6.07) is 11.3. The predicted octanol–water partition coefficient (Wildman–Crippen LogP) is 2.07. The normalized spacial score (nSPS) is 10.3. The molecule has 2 N–H and O–H groups in total. The van der Waals surface area contributed by atoms with Gasteiger partial charge in [-0.2, -0.15) is 0 Å². The zero-order valence-electron chi connectivity index (χ0n) is 9.81. The summed E-state index contributed by atoms with van der Waals surface area (Å²) < 4.78 is 5.26. The van der Waals surface area contributed by atoms with Crippen LogP contribution >= 0.6 is 0 Å². The van der Waals surface area contributed by atoms with Gasteiger partial charge in [-0.3, -0.25) is 4.79 Å². The number of anilines is 1. The van der Waals surface area contributed by atoms with Crippen LogP contribution in [0.25, 0.3) is 10.8 Å². The van der Waals surface area contributed by atoms with Crippen LogP contribution in [-0.4, -0.2) is 13.0 Å². The molecule has 0 aromatic heterocycles. The molecule has 0 radical (unpaired) electrons. The number of ether oxygens (including phenoxy) is 1. The van der Waals surface area contributed by atoms with E-state index in [1.165, 1.54) is 6.92 Å². The smallest absolute Gasteiger partial charge is 0.238 e. The number of carbonyl (C=O) groups is 1. The molecule has 0 aliphatic carbocycles. The van der Waals surface area contributed by atoms with Crippen molar-refractivity contribution in [3.05, 3.63) is 36.4 Å². The molecule has 4 nitrogen and oxygen atoms in total. The summed E-state index contributed by atoms with van der Waals surface area (Å²) in [4.78, 5) is 11.2. The summed E-state index contributed by atoms with van der Waals surface area (Å²) in [6.45, 7) is 1.43. The second kappa shape index (κ2) is 4.43. The first-order valence-electron chi connectivity index (χ1n) is 5.25. The molecule has 0 saturated carbocycles. The Morgan fingerprint density at radius 3 is 2.71 bits per heavy atom. The lowest BCUT2D eigenvalue weighted by atomic mass is 10.1. The summed E-state index contributed by atoms with van der Waals surface area (Å²) in [7, 11) is 1.63. The first-order valence-corrected chi connectivity index (χ1v) is 5.25. The van der Waals surface area contributed by atoms with Crippen molar-refractivity contribution in [2.75, 3.05) is 12.1 Å². The molecule has 2 aromatic rings. The molecule has 0 spiro atoms. The minimum atomic E-state index is -0.202. The fourth-order valence-electron chi connectivity index (χ4n) is 1.75. The summed E-state index contributed by atoms with van der Waals surface area (Å²) >= 11 is 0. The van der Waals surface area contributed by atoms with Crippen LogP contribution in [0.3, 0.4) is 0 Å². The van der Waals surface area contributed by atoms with Crippen LogP contribution in [0.15, 0.2) is 36.4 Å². The topological polar surface area (TPSA) is 55.6 Å². The number of amides is 1. The van der Waals surface area contributed by atoms with Crippen molar-refractivity contribution < 1.29 is 9.53 Å². The quantitative estimate of drug-likeness (QED) is 0.488. The fraction of sp³-hybridized carbons (Fsp3) is 0.154. The standard InChI is InChI=1S/C13H14N2O2/c1-9(16)15(14)11-6-7-12-10(8-11)4-3-5-13(12)17-2/h3-8H,14H2,1-2H3. The van der Waals surface area contributed by atoms with E-state index in [2.05, 4.69) is 0 Å². The Balaban J connectivity index is 2.55. The number of hydrogen-bond donors (Lipinski definition) is 1. The Bertz CT molecular complexity index is 566. The highest BCUT2D eigenvalue weighted by atomic mass is 16.5. The molecule has 17 heavy (non-hydrogen) atoms. The lowest BCUT2D eigenvalue weighted by Gasteiger charge is -2.15. The van der Waals surface area contributed by atoms with Crippen LogP contribution in [0.4, 0.5) is 5.69 Å². The molecular formula is C13H14N2O2. The van der Waals surface area contributed by atoms with E-state index in [0.717, 1.165) is 21.5 Å². The number of nitrogens with two attached hydrogens (primary N) is 1. The van der Waals surface area contributed by atoms with Crippen LogP contribution < -0.4 is 15.6 Å². The summed E-state index contributed by atoms with van der Waals surface area (Å²) in [5, 5.41) is 3.10. The summed E-state index contributed by atoms with van der Waals surface area (Å²) in [5.74, 6) is 6.26. The first kappa shape index (κ1) is 11.4. The maximum Gasteiger partial charge on any atom is 0.238 e. The third kappa shape index (κ3) is 2.07. The van der Waals surface area contributed by atoms with Crippen LogP contribution in [0.5, 0.6) is 5.75 Å². The molecule has 0 unspecified atom stereocenters. The second-order valence-corrected chi connectivity index (χ2v) is 3.75. The van der Waals surface area contributed by atoms with Crippen LogP contribution in [0.1, 0.15) is 6.92 Å². The van der Waals surface area contributed by atoms with Gasteiger partial charge in [0.15, 0.2) is 0 Å². The van der Waals surface area contributed by atoms with Gasteiger partial charge in [0.2, 0.25) is 5.91 Å². The van der Waals surface area contributed by atoms with Gasteiger partial charge in [0.05, 0.1) is 12.8 Å². The predicted molar refractivity (Wildman–Crippen MR) is 67.8 cm³/mol. The van der Waals surface area contributed by atoms with Gasteiger partial charge in [-0.15, -0.1) is 0 Å². The van der Waals surface area contributed by atoms with Gasteiger partial charge >= 0.3 is 0 Å². The van der Waals surface area contributed by atoms with Gasteiger partial charge in [0.1, 0.15) is 5.75 Å². The van der Waals surface area contributed by atoms with Crippen molar-refractivity contribution in [3.63, 3.8) is 0 Å². The maximum atomic E-state index is 11.2. The van der Waals surface area contributed by atoms with Crippen molar-refractivity contribution >= 4 is 22.4 Å². The summed E-state index contributed by atoms with van der Waals surface area (Å²) in [6.07, 6.45) is 0. The molecule has 0 bridgehead atoms. The maximum absolute atomic E-state index is 11.2. The van der Waals surface area contributed by atoms with E-state index in [-0.39, 0.29) is 5.91 Å². The van der Waals surface area contributed by atoms with E-state index >= 15 is 0 Å². The van der Waals surface area contributed by atoms with Gasteiger partial charge < -0.3 is 4.74 Å². The molecule has 4 heteroatoms. The number of fused-ring (bicyclic) bond motifs is 1. The van der Waals surface area contributed by atoms with Gasteiger partial charge in [-0.05, 0) is 29.7 Å². The highest BCUT2D eigenvalue weighted by Crippen LogP contribution is 2.28. The van der Waals surface area contributed by atoms with Crippen LogP contribution in [0, 0.1) is 0 Å². The minimum absolute atomic E-state index is 0.202. The first-order chi connectivity index (χ1) is 8.13. The van der Waals surface area contributed by atoms with Crippen molar-refractivity contribution in [2.45, 2.75) is 6.92 Å². The lowest BCUT2D eigenvalue weighted by molar-refractivity contribution is -0.116. The largest absolute Gasteiger partial charge is 0.496 e. The molecular weight excluding hydrogens is 216 g/mol. The fourth-order valence-corrected chi connectivity index (χ4v) is 1.75. The number of methoxy groups -OCH3 is 1. The van der Waals surface area contributed by atoms with E-state index in [1.54, 1.807) is 13.2 Å². The zero-order chi connectivity index (χ0) is 12.4. The highest BCUT2D eigenvalue weighted by molar-refractivity contribution is 5.96. The molecule has 0 heterocycles. The number of carbonyl (C=O) groups excluding carboxylic acids is 1. The molecule has 0 atom stereocenters. The Labute approximate surface area is 99.6 Å². The minimum Gasteiger partial charge on any atom is -0.496 e. The Hall–Kier alpha value is -2.07. The third-order valence-corrected chi connectivity index (χ3v) is 2.66. The van der Waals surface area contributed by atoms with Gasteiger partial charge in [-0.25, -0.2) is 10.9 Å². The van der Waals surface area contributed by atoms with Gasteiger partial charge in [-0.1, -0.05) is 12.1 Å². The number of hydrogen-bond acceptors (Lipinski definition) is 3. The number of benzene rings is 2. The lowest BCUT2D eigenvalue weighted by Crippen LogP contribution is -2.35. The second-order valence-electron chi connectivity index (χ2n) is 3.75. The number of nitrogens with zero attached hydrogens (tertiary/aromatic N) is 1. The highest BCUT2D eigenvalue weighted by Gasteiger charge is 2.08. The Morgan fingerprint density at radius 1 is 1.29 bits per heavy atom. The average molecular weight is 230 g/mol. The monoisotopic (exact) mass is 230 g/mol. The average Bonchev–Trinajstić information content (AvgIpc) is 2.36. The van der Waals surface area contributed by atoms with E-state index in [1.807, 2.05) is 30.3 Å². The third-order valence-electron chi connectivity index (χ3n) is 2.66. The van der Waals surface area contributed by atoms with E-state index in [4.69, 9.17) is 10.6 Å². The van der Waals surface area contributed by atoms with Gasteiger partial charge in [0, 0.05) is 12.3 Å². The van der Waals surface area contributed by atoms with Crippen molar-refractivity contribution in [1.82, 2.24) is 0 Å². The Morgan fingerprint density at radius 2 is 2.06 bits per heavy atom. The van der Waals surface area contributed by atoms with Crippen LogP contribution in [0.2, 0.25) is 0 Å². The van der Waals surface area contributed by atoms with Crippen molar-refractivity contribution in [1.29, 1.82) is 0 Å².